The molecule has 19 heavy (non-hydrogen) atoms. The fourth-order valence-corrected chi connectivity index (χ4v) is 2.55. The summed E-state index contributed by atoms with van der Waals surface area (Å²) in [5.41, 5.74) is 3.50. The van der Waals surface area contributed by atoms with E-state index in [4.69, 9.17) is 5.11 Å². The van der Waals surface area contributed by atoms with Crippen molar-refractivity contribution < 1.29 is 5.11 Å². The summed E-state index contributed by atoms with van der Waals surface area (Å²) < 4.78 is 0. The molecule has 1 aromatic heterocycles. The van der Waals surface area contributed by atoms with E-state index < -0.39 is 0 Å². The van der Waals surface area contributed by atoms with E-state index in [2.05, 4.69) is 46.9 Å². The van der Waals surface area contributed by atoms with Crippen LogP contribution in [0.4, 0.5) is 0 Å². The van der Waals surface area contributed by atoms with E-state index >= 15 is 0 Å². The molecule has 0 saturated heterocycles. The minimum absolute atomic E-state index is 0.221. The zero-order valence-corrected chi connectivity index (χ0v) is 12.2. The van der Waals surface area contributed by atoms with Gasteiger partial charge in [0, 0.05) is 30.6 Å². The number of nitrogens with one attached hydrogen (secondary N) is 1. The molecule has 0 saturated carbocycles. The number of nitrogens with zero attached hydrogens (tertiary/aromatic N) is 1. The minimum Gasteiger partial charge on any atom is -0.396 e. The first kappa shape index (κ1) is 14.2. The summed E-state index contributed by atoms with van der Waals surface area (Å²) in [6.45, 7) is 5.90. The number of hydrogen-bond donors (Lipinski definition) is 2. The Bertz CT molecular complexity index is 507. The first-order chi connectivity index (χ1) is 9.19. The van der Waals surface area contributed by atoms with Crippen molar-refractivity contribution >= 4 is 11.3 Å². The Balaban J connectivity index is 1.93. The number of hydrogen-bond acceptors (Lipinski definition) is 4. The lowest BCUT2D eigenvalue weighted by atomic mass is 10.2. The van der Waals surface area contributed by atoms with Crippen LogP contribution in [0.1, 0.15) is 18.2 Å². The van der Waals surface area contributed by atoms with Crippen LogP contribution in [-0.4, -0.2) is 23.2 Å². The summed E-state index contributed by atoms with van der Waals surface area (Å²) in [5.74, 6) is 0.287. The number of thiazole rings is 1. The molecule has 0 aliphatic carbocycles. The number of aryl methyl sites for hydroxylation is 1. The number of rotatable bonds is 6. The molecule has 1 atom stereocenters. The van der Waals surface area contributed by atoms with E-state index in [0.29, 0.717) is 0 Å². The first-order valence-corrected chi connectivity index (χ1v) is 7.40. The lowest BCUT2D eigenvalue weighted by Crippen LogP contribution is -2.22. The molecule has 2 rings (SSSR count). The van der Waals surface area contributed by atoms with Crippen LogP contribution in [0, 0.1) is 12.8 Å². The molecule has 2 N–H and O–H groups in total. The summed E-state index contributed by atoms with van der Waals surface area (Å²) in [6, 6.07) is 8.44. The Morgan fingerprint density at radius 2 is 2.05 bits per heavy atom. The SMILES string of the molecule is Cc1ccc(-c2nc(CNCC(C)CO)cs2)cc1. The summed E-state index contributed by atoms with van der Waals surface area (Å²) in [6.07, 6.45) is 0. The molecular formula is C15H20N2OS. The molecule has 0 amide bonds. The van der Waals surface area contributed by atoms with Crippen molar-refractivity contribution in [3.05, 3.63) is 40.9 Å². The highest BCUT2D eigenvalue weighted by Crippen LogP contribution is 2.23. The summed E-state index contributed by atoms with van der Waals surface area (Å²) in [7, 11) is 0. The normalized spacial score (nSPS) is 12.6. The standard InChI is InChI=1S/C15H20N2OS/c1-11-3-5-13(6-4-11)15-17-14(10-19-15)8-16-7-12(2)9-18/h3-6,10,12,16,18H,7-9H2,1-2H3. The Morgan fingerprint density at radius 1 is 1.32 bits per heavy atom. The molecule has 1 aromatic carbocycles. The van der Waals surface area contributed by atoms with Crippen LogP contribution in [0.5, 0.6) is 0 Å². The topological polar surface area (TPSA) is 45.2 Å². The smallest absolute Gasteiger partial charge is 0.123 e. The van der Waals surface area contributed by atoms with Crippen LogP contribution < -0.4 is 5.32 Å². The first-order valence-electron chi connectivity index (χ1n) is 6.52. The van der Waals surface area contributed by atoms with Gasteiger partial charge in [0.2, 0.25) is 0 Å². The van der Waals surface area contributed by atoms with E-state index in [1.807, 2.05) is 6.92 Å². The van der Waals surface area contributed by atoms with Crippen molar-refractivity contribution in [1.29, 1.82) is 0 Å². The van der Waals surface area contributed by atoms with Gasteiger partial charge in [-0.2, -0.15) is 0 Å². The second-order valence-electron chi connectivity index (χ2n) is 4.93. The predicted octanol–water partition coefficient (Wildman–Crippen LogP) is 2.84. The molecule has 0 aliphatic rings. The maximum absolute atomic E-state index is 8.95. The molecule has 1 heterocycles. The highest BCUT2D eigenvalue weighted by atomic mass is 32.1. The van der Waals surface area contributed by atoms with Crippen LogP contribution in [0.2, 0.25) is 0 Å². The predicted molar refractivity (Wildman–Crippen MR) is 80.2 cm³/mol. The van der Waals surface area contributed by atoms with Gasteiger partial charge in [-0.3, -0.25) is 0 Å². The van der Waals surface area contributed by atoms with Crippen LogP contribution in [0.15, 0.2) is 29.6 Å². The Morgan fingerprint density at radius 3 is 2.74 bits per heavy atom. The van der Waals surface area contributed by atoms with E-state index in [1.54, 1.807) is 11.3 Å². The van der Waals surface area contributed by atoms with Crippen molar-refractivity contribution in [2.45, 2.75) is 20.4 Å². The fraction of sp³-hybridized carbons (Fsp3) is 0.400. The van der Waals surface area contributed by atoms with Crippen LogP contribution in [0.25, 0.3) is 10.6 Å². The van der Waals surface area contributed by atoms with Gasteiger partial charge in [0.05, 0.1) is 5.69 Å². The van der Waals surface area contributed by atoms with Gasteiger partial charge in [0.1, 0.15) is 5.01 Å². The zero-order chi connectivity index (χ0) is 13.7. The lowest BCUT2D eigenvalue weighted by Gasteiger charge is -2.07. The Hall–Kier alpha value is -1.23. The largest absolute Gasteiger partial charge is 0.396 e. The van der Waals surface area contributed by atoms with Crippen molar-refractivity contribution in [3.8, 4) is 10.6 Å². The van der Waals surface area contributed by atoms with Crippen LogP contribution >= 0.6 is 11.3 Å². The summed E-state index contributed by atoms with van der Waals surface area (Å²) in [5, 5.41) is 15.4. The highest BCUT2D eigenvalue weighted by Gasteiger charge is 2.05. The van der Waals surface area contributed by atoms with Gasteiger partial charge in [-0.25, -0.2) is 4.98 Å². The maximum Gasteiger partial charge on any atom is 0.123 e. The molecule has 0 aliphatic heterocycles. The average molecular weight is 276 g/mol. The second-order valence-corrected chi connectivity index (χ2v) is 5.79. The fourth-order valence-electron chi connectivity index (χ4n) is 1.73. The quantitative estimate of drug-likeness (QED) is 0.853. The molecular weight excluding hydrogens is 256 g/mol. The third-order valence-electron chi connectivity index (χ3n) is 2.96. The van der Waals surface area contributed by atoms with Gasteiger partial charge in [-0.1, -0.05) is 36.8 Å². The zero-order valence-electron chi connectivity index (χ0n) is 11.4. The second kappa shape index (κ2) is 6.80. The van der Waals surface area contributed by atoms with Gasteiger partial charge < -0.3 is 10.4 Å². The molecule has 0 bridgehead atoms. The van der Waals surface area contributed by atoms with E-state index in [-0.39, 0.29) is 12.5 Å². The number of benzene rings is 1. The Labute approximate surface area is 118 Å². The van der Waals surface area contributed by atoms with Gasteiger partial charge >= 0.3 is 0 Å². The molecule has 2 aromatic rings. The summed E-state index contributed by atoms with van der Waals surface area (Å²) >= 11 is 1.67. The monoisotopic (exact) mass is 276 g/mol. The molecule has 3 nitrogen and oxygen atoms in total. The Kier molecular flexibility index (Phi) is 5.07. The molecule has 1 unspecified atom stereocenters. The maximum atomic E-state index is 8.95. The molecule has 102 valence electrons. The van der Waals surface area contributed by atoms with Gasteiger partial charge in [-0.15, -0.1) is 11.3 Å². The third kappa shape index (κ3) is 4.13. The van der Waals surface area contributed by atoms with Crippen molar-refractivity contribution in [1.82, 2.24) is 10.3 Å². The molecule has 0 fully saturated rings. The van der Waals surface area contributed by atoms with Crippen LogP contribution in [-0.2, 0) is 6.54 Å². The van der Waals surface area contributed by atoms with Gasteiger partial charge in [0.25, 0.3) is 0 Å². The van der Waals surface area contributed by atoms with Crippen LogP contribution in [0.3, 0.4) is 0 Å². The number of aromatic nitrogens is 1. The highest BCUT2D eigenvalue weighted by molar-refractivity contribution is 7.13. The van der Waals surface area contributed by atoms with Crippen molar-refractivity contribution in [2.24, 2.45) is 5.92 Å². The summed E-state index contributed by atoms with van der Waals surface area (Å²) in [4.78, 5) is 4.63. The molecule has 0 spiro atoms. The molecule has 0 radical (unpaired) electrons. The number of aliphatic hydroxyl groups excluding tert-OH is 1. The molecule has 4 heteroatoms. The van der Waals surface area contributed by atoms with Crippen molar-refractivity contribution in [3.63, 3.8) is 0 Å². The van der Waals surface area contributed by atoms with Gasteiger partial charge in [-0.05, 0) is 12.8 Å². The van der Waals surface area contributed by atoms with E-state index in [9.17, 15) is 0 Å². The third-order valence-corrected chi connectivity index (χ3v) is 3.90. The van der Waals surface area contributed by atoms with E-state index in [1.165, 1.54) is 11.1 Å². The van der Waals surface area contributed by atoms with Gasteiger partial charge in [0.15, 0.2) is 0 Å². The average Bonchev–Trinajstić information content (AvgIpc) is 2.88. The minimum atomic E-state index is 0.221. The van der Waals surface area contributed by atoms with E-state index in [0.717, 1.165) is 23.8 Å². The lowest BCUT2D eigenvalue weighted by molar-refractivity contribution is 0.233. The van der Waals surface area contributed by atoms with Crippen molar-refractivity contribution in [2.75, 3.05) is 13.2 Å². The number of aliphatic hydroxyl groups is 1.